The van der Waals surface area contributed by atoms with Gasteiger partial charge in [-0.15, -0.1) is 0 Å². The first-order valence-electron chi connectivity index (χ1n) is 9.03. The van der Waals surface area contributed by atoms with Crippen molar-refractivity contribution < 1.29 is 14.6 Å². The molecule has 0 aliphatic rings. The second-order valence-electron chi connectivity index (χ2n) is 5.89. The smallest absolute Gasteiger partial charge is 0.277 e. The summed E-state index contributed by atoms with van der Waals surface area (Å²) >= 11 is 5.21. The maximum atomic E-state index is 12.4. The SMILES string of the molecule is CCc1ccc(OCC(=O)N/N=C/c2c(O)n(CC)c(=S)n(CC)c2=O)cc1. The molecule has 9 heteroatoms. The summed E-state index contributed by atoms with van der Waals surface area (Å²) in [6.07, 6.45) is 2.03. The maximum absolute atomic E-state index is 12.4. The minimum absolute atomic E-state index is 0.0475. The summed E-state index contributed by atoms with van der Waals surface area (Å²) in [5, 5.41) is 14.0. The van der Waals surface area contributed by atoms with Gasteiger partial charge < -0.3 is 9.84 Å². The standard InChI is InChI=1S/C19H24N4O4S/c1-4-13-7-9-14(10-8-13)27-12-16(24)21-20-11-15-17(25)22(5-2)19(28)23(6-3)18(15)26/h7-11,25H,4-6,12H2,1-3H3,(H,21,24)/b20-11+. The van der Waals surface area contributed by atoms with Crippen molar-refractivity contribution in [2.45, 2.75) is 40.3 Å². The van der Waals surface area contributed by atoms with Crippen LogP contribution in [0.5, 0.6) is 11.6 Å². The van der Waals surface area contributed by atoms with Crippen LogP contribution in [0.1, 0.15) is 31.9 Å². The predicted octanol–water partition coefficient (Wildman–Crippen LogP) is 2.22. The van der Waals surface area contributed by atoms with Crippen LogP contribution in [0.25, 0.3) is 0 Å². The molecule has 0 atom stereocenters. The van der Waals surface area contributed by atoms with Crippen LogP contribution < -0.4 is 15.7 Å². The number of rotatable bonds is 8. The second-order valence-corrected chi connectivity index (χ2v) is 6.26. The lowest BCUT2D eigenvalue weighted by molar-refractivity contribution is -0.123. The summed E-state index contributed by atoms with van der Waals surface area (Å²) in [4.78, 5) is 24.3. The molecule has 0 radical (unpaired) electrons. The largest absolute Gasteiger partial charge is 0.494 e. The summed E-state index contributed by atoms with van der Waals surface area (Å²) < 4.78 is 8.39. The molecule has 0 saturated carbocycles. The number of nitrogens with zero attached hydrogens (tertiary/aromatic N) is 3. The van der Waals surface area contributed by atoms with Crippen molar-refractivity contribution in [3.63, 3.8) is 0 Å². The van der Waals surface area contributed by atoms with Gasteiger partial charge in [0.25, 0.3) is 11.5 Å². The highest BCUT2D eigenvalue weighted by Gasteiger charge is 2.14. The van der Waals surface area contributed by atoms with Crippen LogP contribution in [0.3, 0.4) is 0 Å². The van der Waals surface area contributed by atoms with Gasteiger partial charge >= 0.3 is 0 Å². The fourth-order valence-electron chi connectivity index (χ4n) is 2.56. The molecule has 1 aromatic heterocycles. The molecule has 0 aliphatic carbocycles. The van der Waals surface area contributed by atoms with Crippen LogP contribution in [0.15, 0.2) is 34.2 Å². The number of amides is 1. The normalized spacial score (nSPS) is 11.0. The Balaban J connectivity index is 2.06. The highest BCUT2D eigenvalue weighted by molar-refractivity contribution is 7.71. The monoisotopic (exact) mass is 404 g/mol. The number of carbonyl (C=O) groups is 1. The lowest BCUT2D eigenvalue weighted by Gasteiger charge is -2.13. The molecular formula is C19H24N4O4S. The van der Waals surface area contributed by atoms with Gasteiger partial charge in [0.1, 0.15) is 11.3 Å². The third-order valence-corrected chi connectivity index (χ3v) is 4.59. The van der Waals surface area contributed by atoms with Gasteiger partial charge in [-0.1, -0.05) is 19.1 Å². The van der Waals surface area contributed by atoms with E-state index in [0.29, 0.717) is 18.8 Å². The number of aromatic hydroxyl groups is 1. The molecule has 0 aliphatic heterocycles. The van der Waals surface area contributed by atoms with Crippen LogP contribution in [0.4, 0.5) is 0 Å². The Hall–Kier alpha value is -2.94. The van der Waals surface area contributed by atoms with Crippen molar-refractivity contribution in [2.75, 3.05) is 6.61 Å². The number of aromatic nitrogens is 2. The molecule has 1 amide bonds. The molecular weight excluding hydrogens is 380 g/mol. The van der Waals surface area contributed by atoms with Gasteiger partial charge in [-0.3, -0.25) is 18.7 Å². The number of aryl methyl sites for hydroxylation is 1. The van der Waals surface area contributed by atoms with Crippen molar-refractivity contribution in [3.8, 4) is 11.6 Å². The zero-order valence-corrected chi connectivity index (χ0v) is 17.0. The zero-order chi connectivity index (χ0) is 20.7. The molecule has 0 saturated heterocycles. The number of benzene rings is 1. The van der Waals surface area contributed by atoms with Crippen LogP contribution in [-0.2, 0) is 24.3 Å². The number of hydrogen-bond acceptors (Lipinski definition) is 6. The first kappa shape index (κ1) is 21.4. The minimum Gasteiger partial charge on any atom is -0.494 e. The molecule has 8 nitrogen and oxygen atoms in total. The van der Waals surface area contributed by atoms with E-state index >= 15 is 0 Å². The van der Waals surface area contributed by atoms with Crippen molar-refractivity contribution in [3.05, 3.63) is 50.5 Å². The van der Waals surface area contributed by atoms with Gasteiger partial charge in [0.05, 0.1) is 6.21 Å². The molecule has 0 bridgehead atoms. The Morgan fingerprint density at radius 3 is 2.43 bits per heavy atom. The third kappa shape index (κ3) is 4.86. The molecule has 2 rings (SSSR count). The summed E-state index contributed by atoms with van der Waals surface area (Å²) in [6, 6.07) is 7.44. The highest BCUT2D eigenvalue weighted by Crippen LogP contribution is 2.13. The van der Waals surface area contributed by atoms with E-state index in [2.05, 4.69) is 17.5 Å². The Labute approximate surface area is 168 Å². The van der Waals surface area contributed by atoms with Crippen molar-refractivity contribution >= 4 is 24.3 Å². The zero-order valence-electron chi connectivity index (χ0n) is 16.1. The molecule has 1 aromatic carbocycles. The van der Waals surface area contributed by atoms with Gasteiger partial charge in [-0.25, -0.2) is 5.43 Å². The van der Waals surface area contributed by atoms with Crippen LogP contribution in [0.2, 0.25) is 0 Å². The van der Waals surface area contributed by atoms with E-state index in [0.717, 1.165) is 12.6 Å². The first-order valence-corrected chi connectivity index (χ1v) is 9.43. The van der Waals surface area contributed by atoms with Crippen molar-refractivity contribution in [2.24, 2.45) is 5.10 Å². The van der Waals surface area contributed by atoms with Gasteiger partial charge in [0.2, 0.25) is 5.88 Å². The summed E-state index contributed by atoms with van der Waals surface area (Å²) in [7, 11) is 0. The van der Waals surface area contributed by atoms with Gasteiger partial charge in [0, 0.05) is 13.1 Å². The Morgan fingerprint density at radius 2 is 1.86 bits per heavy atom. The van der Waals surface area contributed by atoms with E-state index in [-0.39, 0.29) is 22.8 Å². The minimum atomic E-state index is -0.491. The number of hydrazone groups is 1. The summed E-state index contributed by atoms with van der Waals surface area (Å²) in [6.45, 7) is 6.15. The lowest BCUT2D eigenvalue weighted by atomic mass is 10.2. The molecule has 2 aromatic rings. The molecule has 28 heavy (non-hydrogen) atoms. The Morgan fingerprint density at radius 1 is 1.21 bits per heavy atom. The number of carbonyl (C=O) groups excluding carboxylic acids is 1. The molecule has 150 valence electrons. The van der Waals surface area contributed by atoms with Crippen molar-refractivity contribution in [1.82, 2.24) is 14.6 Å². The van der Waals surface area contributed by atoms with Crippen LogP contribution >= 0.6 is 12.2 Å². The number of ether oxygens (including phenoxy) is 1. The van der Waals surface area contributed by atoms with E-state index in [1.54, 1.807) is 26.0 Å². The predicted molar refractivity (Wildman–Crippen MR) is 110 cm³/mol. The average molecular weight is 404 g/mol. The number of nitrogens with one attached hydrogen (secondary N) is 1. The third-order valence-electron chi connectivity index (χ3n) is 4.15. The molecule has 0 spiro atoms. The average Bonchev–Trinajstić information content (AvgIpc) is 2.70. The van der Waals surface area contributed by atoms with Crippen LogP contribution in [0, 0.1) is 4.77 Å². The first-order chi connectivity index (χ1) is 13.4. The van der Waals surface area contributed by atoms with E-state index in [4.69, 9.17) is 17.0 Å². The van der Waals surface area contributed by atoms with E-state index in [9.17, 15) is 14.7 Å². The van der Waals surface area contributed by atoms with Gasteiger partial charge in [0.15, 0.2) is 11.4 Å². The Bertz CT molecular complexity index is 977. The van der Waals surface area contributed by atoms with Crippen molar-refractivity contribution in [1.29, 1.82) is 0 Å². The fourth-order valence-corrected chi connectivity index (χ4v) is 2.99. The highest BCUT2D eigenvalue weighted by atomic mass is 32.1. The number of hydrogen-bond donors (Lipinski definition) is 2. The van der Waals surface area contributed by atoms with Gasteiger partial charge in [-0.05, 0) is 50.2 Å². The molecule has 2 N–H and O–H groups in total. The van der Waals surface area contributed by atoms with E-state index in [1.807, 2.05) is 12.1 Å². The second kappa shape index (κ2) is 9.84. The fraction of sp³-hybridized carbons (Fsp3) is 0.368. The lowest BCUT2D eigenvalue weighted by Crippen LogP contribution is -2.29. The molecule has 0 unspecified atom stereocenters. The maximum Gasteiger partial charge on any atom is 0.277 e. The topological polar surface area (TPSA) is 97.8 Å². The van der Waals surface area contributed by atoms with E-state index < -0.39 is 11.5 Å². The quantitative estimate of drug-likeness (QED) is 0.399. The summed E-state index contributed by atoms with van der Waals surface area (Å²) in [5.41, 5.74) is 2.93. The Kier molecular flexibility index (Phi) is 7.51. The molecule has 1 heterocycles. The van der Waals surface area contributed by atoms with Gasteiger partial charge in [-0.2, -0.15) is 5.10 Å². The summed E-state index contributed by atoms with van der Waals surface area (Å²) in [5.74, 6) is -0.202. The van der Waals surface area contributed by atoms with E-state index in [1.165, 1.54) is 14.7 Å². The molecule has 0 fully saturated rings. The van der Waals surface area contributed by atoms with Crippen LogP contribution in [-0.4, -0.2) is 33.0 Å².